The molecule has 0 N–H and O–H groups in total. The Morgan fingerprint density at radius 3 is 2.56 bits per heavy atom. The van der Waals surface area contributed by atoms with Crippen molar-refractivity contribution in [3.63, 3.8) is 0 Å². The summed E-state index contributed by atoms with van der Waals surface area (Å²) in [4.78, 5) is 11.2. The highest BCUT2D eigenvalue weighted by atomic mass is 16.4. The van der Waals surface area contributed by atoms with Crippen molar-refractivity contribution < 1.29 is 9.90 Å². The van der Waals surface area contributed by atoms with E-state index in [0.717, 1.165) is 42.4 Å². The highest BCUT2D eigenvalue weighted by molar-refractivity contribution is 5.64. The number of hydrogen-bond donors (Lipinski definition) is 0. The summed E-state index contributed by atoms with van der Waals surface area (Å²) < 4.78 is 0. The van der Waals surface area contributed by atoms with Crippen molar-refractivity contribution in [2.24, 2.45) is 52.3 Å². The van der Waals surface area contributed by atoms with Crippen LogP contribution in [0.15, 0.2) is 23.8 Å². The number of aliphatic carboxylic acids is 1. The third kappa shape index (κ3) is 4.14. The van der Waals surface area contributed by atoms with Gasteiger partial charge in [-0.25, -0.2) is 0 Å². The number of fused-ring (bicyclic) bond motifs is 5. The molecule has 2 heteroatoms. The first kappa shape index (κ1) is 24.1. The van der Waals surface area contributed by atoms with Gasteiger partial charge >= 0.3 is 0 Å². The topological polar surface area (TPSA) is 40.1 Å². The average Bonchev–Trinajstić information content (AvgIpc) is 3.08. The fraction of sp³-hybridized carbons (Fsp3) is 0.833. The molecule has 0 bridgehead atoms. The second kappa shape index (κ2) is 8.95. The molecule has 3 saturated carbocycles. The molecule has 8 atom stereocenters. The number of carbonyl (C=O) groups is 1. The van der Waals surface area contributed by atoms with Gasteiger partial charge in [-0.1, -0.05) is 58.4 Å². The number of carbonyl (C=O) groups excluding carboxylic acids is 1. The standard InChI is InChI=1S/C30H48O2/c1-19(2)20(3)7-8-21(4)25-11-12-26-24-10-9-23-17-22(18-28(31)32)13-15-29(23,5)27(24)14-16-30(25,26)6/h9,19,21-22,24-27H,3,7-8,10-18H2,1-2,4-6H3,(H,31,32)/p-1/t21-,22?,24+,25-,26+,27+,29+,30-/m1/s1. The maximum atomic E-state index is 11.2. The molecule has 4 rings (SSSR count). The van der Waals surface area contributed by atoms with E-state index in [1.165, 1.54) is 56.9 Å². The van der Waals surface area contributed by atoms with Crippen LogP contribution in [0.25, 0.3) is 0 Å². The van der Waals surface area contributed by atoms with E-state index in [1.54, 1.807) is 5.57 Å². The second-order valence-electron chi connectivity index (χ2n) is 13.0. The Balaban J connectivity index is 1.47. The fourth-order valence-electron chi connectivity index (χ4n) is 9.02. The van der Waals surface area contributed by atoms with Crippen molar-refractivity contribution in [2.75, 3.05) is 0 Å². The van der Waals surface area contributed by atoms with Crippen LogP contribution in [0.3, 0.4) is 0 Å². The molecule has 2 nitrogen and oxygen atoms in total. The molecular formula is C30H47O2-. The number of hydrogen-bond acceptors (Lipinski definition) is 2. The van der Waals surface area contributed by atoms with Crippen molar-refractivity contribution in [1.82, 2.24) is 0 Å². The van der Waals surface area contributed by atoms with Crippen LogP contribution in [0.5, 0.6) is 0 Å². The monoisotopic (exact) mass is 439 g/mol. The first-order chi connectivity index (χ1) is 15.1. The molecule has 0 aliphatic heterocycles. The summed E-state index contributed by atoms with van der Waals surface area (Å²) in [6, 6.07) is 0. The quantitative estimate of drug-likeness (QED) is 0.403. The Morgan fingerprint density at radius 2 is 1.88 bits per heavy atom. The normalized spacial score (nSPS) is 41.9. The maximum Gasteiger partial charge on any atom is 0.0417 e. The average molecular weight is 440 g/mol. The minimum absolute atomic E-state index is 0.241. The number of rotatable bonds is 7. The van der Waals surface area contributed by atoms with E-state index in [-0.39, 0.29) is 6.42 Å². The van der Waals surface area contributed by atoms with Crippen LogP contribution in [0.2, 0.25) is 0 Å². The second-order valence-corrected chi connectivity index (χ2v) is 13.0. The molecule has 0 amide bonds. The summed E-state index contributed by atoms with van der Waals surface area (Å²) in [5, 5.41) is 11.2. The van der Waals surface area contributed by atoms with Crippen LogP contribution in [0, 0.1) is 52.3 Å². The van der Waals surface area contributed by atoms with E-state index in [0.29, 0.717) is 22.7 Å². The molecule has 0 radical (unpaired) electrons. The Morgan fingerprint density at radius 1 is 1.12 bits per heavy atom. The van der Waals surface area contributed by atoms with Gasteiger partial charge in [-0.2, -0.15) is 0 Å². The molecule has 180 valence electrons. The summed E-state index contributed by atoms with van der Waals surface area (Å²) in [6.45, 7) is 16.6. The molecule has 0 saturated heterocycles. The summed E-state index contributed by atoms with van der Waals surface area (Å²) in [7, 11) is 0. The molecule has 3 fully saturated rings. The van der Waals surface area contributed by atoms with Crippen LogP contribution < -0.4 is 5.11 Å². The van der Waals surface area contributed by atoms with Crippen LogP contribution in [-0.4, -0.2) is 5.97 Å². The van der Waals surface area contributed by atoms with Gasteiger partial charge in [-0.3, -0.25) is 0 Å². The van der Waals surface area contributed by atoms with Gasteiger partial charge in [-0.15, -0.1) is 0 Å². The predicted molar refractivity (Wildman–Crippen MR) is 131 cm³/mol. The van der Waals surface area contributed by atoms with Crippen LogP contribution in [0.1, 0.15) is 105 Å². The van der Waals surface area contributed by atoms with Gasteiger partial charge in [0.15, 0.2) is 0 Å². The highest BCUT2D eigenvalue weighted by Crippen LogP contribution is 2.67. The number of allylic oxidation sites excluding steroid dienone is 3. The van der Waals surface area contributed by atoms with Crippen molar-refractivity contribution in [3.8, 4) is 0 Å². The fourth-order valence-corrected chi connectivity index (χ4v) is 9.02. The van der Waals surface area contributed by atoms with Gasteiger partial charge in [0.05, 0.1) is 0 Å². The zero-order valence-corrected chi connectivity index (χ0v) is 21.4. The van der Waals surface area contributed by atoms with Crippen LogP contribution >= 0.6 is 0 Å². The van der Waals surface area contributed by atoms with E-state index >= 15 is 0 Å². The van der Waals surface area contributed by atoms with E-state index < -0.39 is 5.97 Å². The molecule has 4 aliphatic rings. The Bertz CT molecular complexity index is 763. The molecule has 0 aromatic rings. The Kier molecular flexibility index (Phi) is 6.74. The smallest absolute Gasteiger partial charge is 0.0417 e. The summed E-state index contributed by atoms with van der Waals surface area (Å²) >= 11 is 0. The lowest BCUT2D eigenvalue weighted by molar-refractivity contribution is -0.307. The number of carboxylic acids is 1. The molecule has 0 heterocycles. The maximum absolute atomic E-state index is 11.2. The van der Waals surface area contributed by atoms with Gasteiger partial charge in [0, 0.05) is 5.97 Å². The van der Waals surface area contributed by atoms with Crippen molar-refractivity contribution >= 4 is 5.97 Å². The third-order valence-electron chi connectivity index (χ3n) is 11.2. The first-order valence-corrected chi connectivity index (χ1v) is 13.6. The van der Waals surface area contributed by atoms with Gasteiger partial charge in [-0.05, 0) is 123 Å². The van der Waals surface area contributed by atoms with Crippen LogP contribution in [0.4, 0.5) is 0 Å². The SMILES string of the molecule is C=C(CC[C@@H](C)[C@H]1CC[C@H]2[C@@H]3CC=C4CC(CC(=O)[O-])CC[C@]4(C)[C@H]3CC[C@]12C)C(C)C. The lowest BCUT2D eigenvalue weighted by Gasteiger charge is -2.58. The van der Waals surface area contributed by atoms with E-state index in [4.69, 9.17) is 0 Å². The minimum atomic E-state index is -0.871. The van der Waals surface area contributed by atoms with E-state index in [1.807, 2.05) is 0 Å². The predicted octanol–water partition coefficient (Wildman–Crippen LogP) is 6.95. The molecule has 1 unspecified atom stereocenters. The van der Waals surface area contributed by atoms with Crippen LogP contribution in [-0.2, 0) is 4.79 Å². The zero-order valence-electron chi connectivity index (χ0n) is 21.4. The third-order valence-corrected chi connectivity index (χ3v) is 11.2. The molecule has 32 heavy (non-hydrogen) atoms. The summed E-state index contributed by atoms with van der Waals surface area (Å²) in [5.74, 6) is 4.20. The van der Waals surface area contributed by atoms with Crippen molar-refractivity contribution in [1.29, 1.82) is 0 Å². The lowest BCUT2D eigenvalue weighted by atomic mass is 9.46. The van der Waals surface area contributed by atoms with Gasteiger partial charge in [0.25, 0.3) is 0 Å². The largest absolute Gasteiger partial charge is 0.550 e. The minimum Gasteiger partial charge on any atom is -0.550 e. The number of carboxylic acid groups (broad SMARTS) is 1. The van der Waals surface area contributed by atoms with E-state index in [2.05, 4.69) is 47.3 Å². The molecular weight excluding hydrogens is 392 g/mol. The van der Waals surface area contributed by atoms with Gasteiger partial charge in [0.1, 0.15) is 0 Å². The molecule has 4 aliphatic carbocycles. The Labute approximate surface area is 197 Å². The van der Waals surface area contributed by atoms with Gasteiger partial charge < -0.3 is 9.90 Å². The first-order valence-electron chi connectivity index (χ1n) is 13.6. The molecule has 0 aromatic heterocycles. The zero-order chi connectivity index (χ0) is 23.3. The Hall–Kier alpha value is -1.05. The highest BCUT2D eigenvalue weighted by Gasteiger charge is 2.59. The van der Waals surface area contributed by atoms with Crippen molar-refractivity contribution in [2.45, 2.75) is 105 Å². The summed E-state index contributed by atoms with van der Waals surface area (Å²) in [5.41, 5.74) is 3.83. The van der Waals surface area contributed by atoms with Gasteiger partial charge in [0.2, 0.25) is 0 Å². The molecule has 0 spiro atoms. The van der Waals surface area contributed by atoms with Crippen molar-refractivity contribution in [3.05, 3.63) is 23.8 Å². The van der Waals surface area contributed by atoms with E-state index in [9.17, 15) is 9.90 Å². The summed E-state index contributed by atoms with van der Waals surface area (Å²) in [6.07, 6.45) is 15.4. The lowest BCUT2D eigenvalue weighted by Crippen LogP contribution is -2.50. The molecule has 0 aromatic carbocycles.